The van der Waals surface area contributed by atoms with Crippen LogP contribution in [0.2, 0.25) is 0 Å². The summed E-state index contributed by atoms with van der Waals surface area (Å²) in [6, 6.07) is 6.28. The van der Waals surface area contributed by atoms with Gasteiger partial charge < -0.3 is 9.52 Å². The summed E-state index contributed by atoms with van der Waals surface area (Å²) in [4.78, 5) is 11.5. The Kier molecular flexibility index (Phi) is 3.39. The zero-order valence-corrected chi connectivity index (χ0v) is 11.4. The van der Waals surface area contributed by atoms with Gasteiger partial charge in [-0.15, -0.1) is 0 Å². The molecule has 19 heavy (non-hydrogen) atoms. The van der Waals surface area contributed by atoms with Gasteiger partial charge in [-0.1, -0.05) is 23.5 Å². The van der Waals surface area contributed by atoms with Crippen molar-refractivity contribution in [3.8, 4) is 5.75 Å². The van der Waals surface area contributed by atoms with Crippen molar-refractivity contribution in [3.63, 3.8) is 0 Å². The predicted octanol–water partition coefficient (Wildman–Crippen LogP) is 2.30. The number of benzene rings is 1. The summed E-state index contributed by atoms with van der Waals surface area (Å²) < 4.78 is 6.04. The van der Waals surface area contributed by atoms with Gasteiger partial charge in [0.1, 0.15) is 11.3 Å². The maximum atomic E-state index is 11.5. The molecule has 0 saturated carbocycles. The highest BCUT2D eigenvalue weighted by Gasteiger charge is 2.11. The van der Waals surface area contributed by atoms with E-state index in [0.29, 0.717) is 11.3 Å². The number of phenols is 1. The molecule has 1 aliphatic heterocycles. The maximum absolute atomic E-state index is 11.5. The van der Waals surface area contributed by atoms with Gasteiger partial charge in [0.2, 0.25) is 0 Å². The topological polar surface area (TPSA) is 74.8 Å². The fraction of sp³-hybridized carbons (Fsp3) is 0.167. The molecule has 0 atom stereocenters. The molecule has 0 radical (unpaired) electrons. The zero-order chi connectivity index (χ0) is 13.2. The van der Waals surface area contributed by atoms with Gasteiger partial charge in [0.25, 0.3) is 0 Å². The van der Waals surface area contributed by atoms with Gasteiger partial charge in [-0.25, -0.2) is 4.79 Å². The maximum Gasteiger partial charge on any atom is 0.336 e. The molecule has 0 amide bonds. The summed E-state index contributed by atoms with van der Waals surface area (Å²) in [5.74, 6) is 1.51. The molecule has 1 aromatic carbocycles. The lowest BCUT2D eigenvalue weighted by Crippen LogP contribution is -2.00. The lowest BCUT2D eigenvalue weighted by atomic mass is 10.1. The summed E-state index contributed by atoms with van der Waals surface area (Å²) >= 11 is 3.21. The molecule has 2 aromatic rings. The van der Waals surface area contributed by atoms with Crippen LogP contribution in [0.3, 0.4) is 0 Å². The first-order chi connectivity index (χ1) is 9.22. The molecule has 0 fully saturated rings. The number of hydrazone groups is 1. The van der Waals surface area contributed by atoms with E-state index in [2.05, 4.69) is 10.5 Å². The van der Waals surface area contributed by atoms with Gasteiger partial charge >= 0.3 is 5.63 Å². The number of phenolic OH excluding ortho intramolecular Hbond substituents is 1. The third-order valence-corrected chi connectivity index (χ3v) is 4.71. The van der Waals surface area contributed by atoms with Crippen molar-refractivity contribution >= 4 is 38.9 Å². The van der Waals surface area contributed by atoms with E-state index < -0.39 is 5.63 Å². The fourth-order valence-electron chi connectivity index (χ4n) is 1.77. The van der Waals surface area contributed by atoms with Crippen molar-refractivity contribution < 1.29 is 9.52 Å². The Balaban J connectivity index is 1.95. The van der Waals surface area contributed by atoms with E-state index in [1.165, 1.54) is 12.1 Å². The highest BCUT2D eigenvalue weighted by atomic mass is 32.2. The molecule has 0 unspecified atom stereocenters. The standard InChI is InChI=1S/C12H10N2O3S2/c15-8-1-2-9-7(3-11(16)17-10(9)4-8)5-18-12-14-13-6-19-12/h1-4,13,15H,5-6H2. The Labute approximate surface area is 117 Å². The molecule has 1 aromatic heterocycles. The van der Waals surface area contributed by atoms with Crippen LogP contribution in [0.5, 0.6) is 5.75 Å². The molecule has 98 valence electrons. The summed E-state index contributed by atoms with van der Waals surface area (Å²) in [6.45, 7) is 0. The Morgan fingerprint density at radius 3 is 3.16 bits per heavy atom. The van der Waals surface area contributed by atoms with Crippen LogP contribution < -0.4 is 11.1 Å². The number of hydrogen-bond donors (Lipinski definition) is 2. The first-order valence-electron chi connectivity index (χ1n) is 5.54. The summed E-state index contributed by atoms with van der Waals surface area (Å²) in [5, 5.41) is 14.4. The minimum absolute atomic E-state index is 0.0837. The van der Waals surface area contributed by atoms with E-state index in [1.54, 1.807) is 35.7 Å². The van der Waals surface area contributed by atoms with E-state index in [0.717, 1.165) is 21.2 Å². The number of nitrogens with zero attached hydrogens (tertiary/aromatic N) is 1. The van der Waals surface area contributed by atoms with Crippen molar-refractivity contribution in [1.82, 2.24) is 5.43 Å². The van der Waals surface area contributed by atoms with Crippen LogP contribution in [0.4, 0.5) is 0 Å². The SMILES string of the molecule is O=c1cc(CSC2=NNCS2)c2ccc(O)cc2o1. The smallest absolute Gasteiger partial charge is 0.336 e. The highest BCUT2D eigenvalue weighted by molar-refractivity contribution is 8.38. The van der Waals surface area contributed by atoms with Crippen LogP contribution in [0, 0.1) is 0 Å². The molecule has 0 saturated heterocycles. The quantitative estimate of drug-likeness (QED) is 0.828. The number of fused-ring (bicyclic) bond motifs is 1. The molecule has 5 nitrogen and oxygen atoms in total. The third kappa shape index (κ3) is 2.71. The lowest BCUT2D eigenvalue weighted by molar-refractivity contribution is 0.473. The monoisotopic (exact) mass is 294 g/mol. The van der Waals surface area contributed by atoms with Gasteiger partial charge in [0, 0.05) is 23.3 Å². The van der Waals surface area contributed by atoms with Crippen molar-refractivity contribution in [2.45, 2.75) is 5.75 Å². The fourth-order valence-corrected chi connectivity index (χ4v) is 3.49. The number of rotatable bonds is 2. The first kappa shape index (κ1) is 12.4. The lowest BCUT2D eigenvalue weighted by Gasteiger charge is -2.04. The molecular weight excluding hydrogens is 284 g/mol. The van der Waals surface area contributed by atoms with E-state index in [1.807, 2.05) is 0 Å². The molecule has 7 heteroatoms. The predicted molar refractivity (Wildman–Crippen MR) is 78.5 cm³/mol. The van der Waals surface area contributed by atoms with Crippen molar-refractivity contribution in [3.05, 3.63) is 40.2 Å². The van der Waals surface area contributed by atoms with Crippen LogP contribution in [-0.2, 0) is 5.75 Å². The van der Waals surface area contributed by atoms with Gasteiger partial charge in [-0.2, -0.15) is 5.10 Å². The Morgan fingerprint density at radius 2 is 2.37 bits per heavy atom. The van der Waals surface area contributed by atoms with Gasteiger partial charge in [-0.05, 0) is 17.7 Å². The van der Waals surface area contributed by atoms with Crippen molar-refractivity contribution in [2.24, 2.45) is 5.10 Å². The highest BCUT2D eigenvalue weighted by Crippen LogP contribution is 2.28. The van der Waals surface area contributed by atoms with Gasteiger partial charge in [0.15, 0.2) is 4.38 Å². The van der Waals surface area contributed by atoms with Crippen molar-refractivity contribution in [2.75, 3.05) is 5.88 Å². The van der Waals surface area contributed by atoms with E-state index in [-0.39, 0.29) is 5.75 Å². The normalized spacial score (nSPS) is 14.4. The second-order valence-corrected chi connectivity index (χ2v) is 6.07. The minimum Gasteiger partial charge on any atom is -0.508 e. The second kappa shape index (κ2) is 5.18. The summed E-state index contributed by atoms with van der Waals surface area (Å²) in [7, 11) is 0. The average molecular weight is 294 g/mol. The van der Waals surface area contributed by atoms with Crippen LogP contribution in [0.1, 0.15) is 5.56 Å². The first-order valence-corrected chi connectivity index (χ1v) is 7.51. The third-order valence-electron chi connectivity index (χ3n) is 2.60. The van der Waals surface area contributed by atoms with Crippen LogP contribution in [-0.4, -0.2) is 15.4 Å². The van der Waals surface area contributed by atoms with E-state index >= 15 is 0 Å². The number of thioether (sulfide) groups is 2. The molecule has 1 aliphatic rings. The van der Waals surface area contributed by atoms with Gasteiger partial charge in [-0.3, -0.25) is 5.43 Å². The summed E-state index contributed by atoms with van der Waals surface area (Å²) in [5.41, 5.74) is 3.76. The molecular formula is C12H10N2O3S2. The number of aromatic hydroxyl groups is 1. The largest absolute Gasteiger partial charge is 0.508 e. The zero-order valence-electron chi connectivity index (χ0n) is 9.75. The minimum atomic E-state index is -0.409. The van der Waals surface area contributed by atoms with Crippen LogP contribution >= 0.6 is 23.5 Å². The molecule has 2 N–H and O–H groups in total. The molecule has 0 spiro atoms. The molecule has 0 aliphatic carbocycles. The van der Waals surface area contributed by atoms with Crippen LogP contribution in [0.25, 0.3) is 11.0 Å². The van der Waals surface area contributed by atoms with E-state index in [9.17, 15) is 9.90 Å². The number of hydrogen-bond acceptors (Lipinski definition) is 7. The average Bonchev–Trinajstić information content (AvgIpc) is 2.88. The Bertz CT molecular complexity index is 712. The summed E-state index contributed by atoms with van der Waals surface area (Å²) in [6.07, 6.45) is 0. The molecule has 0 bridgehead atoms. The molecule has 3 rings (SSSR count). The van der Waals surface area contributed by atoms with Gasteiger partial charge in [0.05, 0.1) is 5.88 Å². The second-order valence-electron chi connectivity index (χ2n) is 3.88. The van der Waals surface area contributed by atoms with Crippen LogP contribution in [0.15, 0.2) is 38.6 Å². The molecule has 2 heterocycles. The van der Waals surface area contributed by atoms with Crippen molar-refractivity contribution in [1.29, 1.82) is 0 Å². The Hall–Kier alpha value is -1.60. The van der Waals surface area contributed by atoms with E-state index in [4.69, 9.17) is 4.42 Å². The Morgan fingerprint density at radius 1 is 1.47 bits per heavy atom. The number of nitrogens with one attached hydrogen (secondary N) is 1.